The van der Waals surface area contributed by atoms with E-state index < -0.39 is 34.3 Å². The molecule has 0 amide bonds. The fraction of sp³-hybridized carbons (Fsp3) is 0.750. The number of sulfonamides is 1. The zero-order valence-electron chi connectivity index (χ0n) is 20.0. The standard InChI is InChI=1S/C16H26N4O2S.2C2HF3O2/c1-3-18-10-11-20-13(2)12-17-15(20)16(18)6-8-19(9-7-16)23(21,22)14-4-5-14;2*3-2(4,5)1(6)7/h12,14H,3-11H2,1-2H3;2*(H,6,7). The van der Waals surface area contributed by atoms with Gasteiger partial charge in [-0.25, -0.2) is 27.3 Å². The van der Waals surface area contributed by atoms with Crippen LogP contribution in [0.5, 0.6) is 0 Å². The van der Waals surface area contributed by atoms with Gasteiger partial charge >= 0.3 is 24.3 Å². The lowest BCUT2D eigenvalue weighted by atomic mass is 9.84. The first-order chi connectivity index (χ1) is 16.9. The predicted molar refractivity (Wildman–Crippen MR) is 116 cm³/mol. The second-order valence-electron chi connectivity index (χ2n) is 8.74. The van der Waals surface area contributed by atoms with Gasteiger partial charge in [-0.1, -0.05) is 6.92 Å². The molecule has 2 aliphatic heterocycles. The number of alkyl halides is 6. The summed E-state index contributed by atoms with van der Waals surface area (Å²) < 4.78 is 92.6. The van der Waals surface area contributed by atoms with Crippen molar-refractivity contribution < 1.29 is 54.6 Å². The van der Waals surface area contributed by atoms with Crippen molar-refractivity contribution in [3.63, 3.8) is 0 Å². The number of hydrogen-bond acceptors (Lipinski definition) is 6. The normalized spacial score (nSPS) is 20.2. The van der Waals surface area contributed by atoms with Crippen LogP contribution in [0.25, 0.3) is 0 Å². The Bertz CT molecular complexity index is 1050. The molecular weight excluding hydrogens is 538 g/mol. The van der Waals surface area contributed by atoms with Crippen LogP contribution in [-0.2, 0) is 31.7 Å². The molecule has 17 heteroatoms. The number of carbonyl (C=O) groups is 2. The number of halogens is 6. The Morgan fingerprint density at radius 1 is 1.00 bits per heavy atom. The first kappa shape index (κ1) is 30.8. The molecule has 0 aromatic carbocycles. The number of carboxylic acid groups (broad SMARTS) is 2. The molecule has 2 fully saturated rings. The smallest absolute Gasteiger partial charge is 0.475 e. The Kier molecular flexibility index (Phi) is 9.29. The number of aliphatic carboxylic acids is 2. The lowest BCUT2D eigenvalue weighted by molar-refractivity contribution is -0.193. The predicted octanol–water partition coefficient (Wildman–Crippen LogP) is 2.58. The number of hydrogen-bond donors (Lipinski definition) is 2. The third kappa shape index (κ3) is 7.13. The quantitative estimate of drug-likeness (QED) is 0.534. The topological polar surface area (TPSA) is 133 Å². The number of rotatable bonds is 3. The van der Waals surface area contributed by atoms with Gasteiger partial charge in [-0.3, -0.25) is 4.90 Å². The van der Waals surface area contributed by atoms with Gasteiger partial charge in [0.2, 0.25) is 10.0 Å². The maximum atomic E-state index is 12.5. The average Bonchev–Trinajstić information content (AvgIpc) is 3.58. The number of nitrogens with zero attached hydrogens (tertiary/aromatic N) is 4. The highest BCUT2D eigenvalue weighted by atomic mass is 32.2. The van der Waals surface area contributed by atoms with Crippen molar-refractivity contribution in [2.45, 2.75) is 69.2 Å². The summed E-state index contributed by atoms with van der Waals surface area (Å²) in [5.41, 5.74) is 1.12. The highest BCUT2D eigenvalue weighted by molar-refractivity contribution is 7.90. The van der Waals surface area contributed by atoms with Crippen LogP contribution >= 0.6 is 0 Å². The van der Waals surface area contributed by atoms with Crippen molar-refractivity contribution >= 4 is 22.0 Å². The maximum absolute atomic E-state index is 12.5. The van der Waals surface area contributed by atoms with Crippen molar-refractivity contribution in [3.05, 3.63) is 17.7 Å². The molecule has 1 aromatic heterocycles. The van der Waals surface area contributed by atoms with Crippen molar-refractivity contribution in [1.82, 2.24) is 18.8 Å². The molecule has 10 nitrogen and oxygen atoms in total. The molecule has 1 saturated heterocycles. The minimum absolute atomic E-state index is 0.0865. The number of piperidine rings is 1. The van der Waals surface area contributed by atoms with Crippen LogP contribution < -0.4 is 0 Å². The molecule has 4 rings (SSSR count). The largest absolute Gasteiger partial charge is 0.490 e. The van der Waals surface area contributed by atoms with Gasteiger partial charge in [0.15, 0.2) is 0 Å². The Morgan fingerprint density at radius 3 is 1.84 bits per heavy atom. The minimum atomic E-state index is -5.08. The molecule has 1 aromatic rings. The lowest BCUT2D eigenvalue weighted by Crippen LogP contribution is -2.58. The Hall–Kier alpha value is -2.40. The molecule has 1 aliphatic carbocycles. The Balaban J connectivity index is 0.000000286. The molecular formula is C20H28F6N4O6S. The monoisotopic (exact) mass is 566 g/mol. The molecule has 0 bridgehead atoms. The maximum Gasteiger partial charge on any atom is 0.490 e. The summed E-state index contributed by atoms with van der Waals surface area (Å²) in [7, 11) is -3.05. The van der Waals surface area contributed by atoms with Crippen molar-refractivity contribution in [2.75, 3.05) is 26.2 Å². The van der Waals surface area contributed by atoms with Gasteiger partial charge in [-0.15, -0.1) is 0 Å². The highest BCUT2D eigenvalue weighted by Gasteiger charge is 2.50. The van der Waals surface area contributed by atoms with Crippen LogP contribution in [0.4, 0.5) is 26.3 Å². The SMILES string of the molecule is CCN1CCn2c(C)cnc2C12CCN(S(=O)(=O)C1CC1)CC2.O=C(O)C(F)(F)F.O=C(O)C(F)(F)F. The summed E-state index contributed by atoms with van der Waals surface area (Å²) in [6.45, 7) is 8.56. The average molecular weight is 567 g/mol. The van der Waals surface area contributed by atoms with Crippen LogP contribution in [0.2, 0.25) is 0 Å². The van der Waals surface area contributed by atoms with Gasteiger partial charge in [0, 0.05) is 38.1 Å². The Morgan fingerprint density at radius 2 is 1.46 bits per heavy atom. The van der Waals surface area contributed by atoms with E-state index in [0.717, 1.165) is 51.1 Å². The number of aryl methyl sites for hydroxylation is 1. The van der Waals surface area contributed by atoms with Crippen LogP contribution in [-0.4, -0.2) is 93.1 Å². The zero-order valence-corrected chi connectivity index (χ0v) is 20.8. The van der Waals surface area contributed by atoms with E-state index in [1.54, 1.807) is 4.31 Å². The summed E-state index contributed by atoms with van der Waals surface area (Å²) in [5, 5.41) is 14.1. The Labute approximate surface area is 208 Å². The first-order valence-electron chi connectivity index (χ1n) is 11.2. The van der Waals surface area contributed by atoms with Gasteiger partial charge < -0.3 is 14.8 Å². The fourth-order valence-electron chi connectivity index (χ4n) is 4.38. The number of aromatic nitrogens is 2. The first-order valence-corrected chi connectivity index (χ1v) is 12.7. The number of likely N-dealkylation sites (N-methyl/N-ethyl adjacent to an activating group) is 1. The zero-order chi connectivity index (χ0) is 28.4. The van der Waals surface area contributed by atoms with E-state index in [2.05, 4.69) is 23.3 Å². The van der Waals surface area contributed by atoms with E-state index in [0.29, 0.717) is 13.1 Å². The van der Waals surface area contributed by atoms with E-state index in [1.165, 1.54) is 5.69 Å². The van der Waals surface area contributed by atoms with Crippen LogP contribution in [0.1, 0.15) is 44.1 Å². The second kappa shape index (κ2) is 11.1. The van der Waals surface area contributed by atoms with Crippen molar-refractivity contribution in [3.8, 4) is 0 Å². The number of fused-ring (bicyclic) bond motifs is 2. The van der Waals surface area contributed by atoms with Gasteiger partial charge in [0.05, 0.1) is 10.8 Å². The van der Waals surface area contributed by atoms with E-state index in [4.69, 9.17) is 24.8 Å². The molecule has 3 aliphatic rings. The van der Waals surface area contributed by atoms with Gasteiger partial charge in [0.1, 0.15) is 5.82 Å². The summed E-state index contributed by atoms with van der Waals surface area (Å²) >= 11 is 0. The van der Waals surface area contributed by atoms with Gasteiger partial charge in [-0.05, 0) is 39.2 Å². The van der Waals surface area contributed by atoms with Crippen molar-refractivity contribution in [1.29, 1.82) is 0 Å². The molecule has 0 unspecified atom stereocenters. The molecule has 212 valence electrons. The number of carboxylic acids is 2. The second-order valence-corrected chi connectivity index (χ2v) is 10.9. The van der Waals surface area contributed by atoms with E-state index in [1.807, 2.05) is 6.20 Å². The molecule has 0 atom stereocenters. The van der Waals surface area contributed by atoms with Crippen LogP contribution in [0.15, 0.2) is 6.20 Å². The minimum Gasteiger partial charge on any atom is -0.475 e. The van der Waals surface area contributed by atoms with Crippen LogP contribution in [0.3, 0.4) is 0 Å². The summed E-state index contributed by atoms with van der Waals surface area (Å²) in [4.78, 5) is 25.0. The van der Waals surface area contributed by atoms with Gasteiger partial charge in [0.25, 0.3) is 0 Å². The fourth-order valence-corrected chi connectivity index (χ4v) is 6.22. The highest BCUT2D eigenvalue weighted by Crippen LogP contribution is 2.42. The molecule has 0 radical (unpaired) electrons. The van der Waals surface area contributed by atoms with E-state index in [9.17, 15) is 34.8 Å². The molecule has 1 spiro atoms. The summed E-state index contributed by atoms with van der Waals surface area (Å²) in [5.74, 6) is -4.37. The van der Waals surface area contributed by atoms with E-state index in [-0.39, 0.29) is 10.8 Å². The number of imidazole rings is 1. The summed E-state index contributed by atoms with van der Waals surface area (Å²) in [6, 6.07) is 0. The third-order valence-corrected chi connectivity index (χ3v) is 8.79. The van der Waals surface area contributed by atoms with E-state index >= 15 is 0 Å². The van der Waals surface area contributed by atoms with Gasteiger partial charge in [-0.2, -0.15) is 26.3 Å². The van der Waals surface area contributed by atoms with Crippen molar-refractivity contribution in [2.24, 2.45) is 0 Å². The molecule has 2 N–H and O–H groups in total. The molecule has 3 heterocycles. The molecule has 1 saturated carbocycles. The van der Waals surface area contributed by atoms with Crippen LogP contribution in [0, 0.1) is 6.92 Å². The third-order valence-electron chi connectivity index (χ3n) is 6.39. The summed E-state index contributed by atoms with van der Waals surface area (Å²) in [6.07, 6.45) is -4.82. The molecule has 37 heavy (non-hydrogen) atoms. The lowest BCUT2D eigenvalue weighted by Gasteiger charge is -2.50.